The minimum Gasteiger partial charge on any atom is -0.508 e. The second-order valence-electron chi connectivity index (χ2n) is 7.68. The van der Waals surface area contributed by atoms with Gasteiger partial charge in [-0.2, -0.15) is 0 Å². The predicted octanol–water partition coefficient (Wildman–Crippen LogP) is 1.67. The number of hydrogen-bond donors (Lipinski definition) is 4. The second-order valence-corrected chi connectivity index (χ2v) is 7.68. The maximum absolute atomic E-state index is 11.8. The summed E-state index contributed by atoms with van der Waals surface area (Å²) in [5, 5.41) is 38.9. The Morgan fingerprint density at radius 3 is 1.79 bits per heavy atom. The van der Waals surface area contributed by atoms with Crippen LogP contribution in [0.25, 0.3) is 0 Å². The number of carbonyl (C=O) groups excluding carboxylic acids is 1. The Bertz CT molecular complexity index is 1010. The molecule has 0 aliphatic carbocycles. The second kappa shape index (κ2) is 11.8. The van der Waals surface area contributed by atoms with Crippen molar-refractivity contribution in [2.75, 3.05) is 33.3 Å². The van der Waals surface area contributed by atoms with Gasteiger partial charge in [0, 0.05) is 37.3 Å². The molecular weight excluding hydrogens is 432 g/mol. The zero-order valence-corrected chi connectivity index (χ0v) is 18.5. The standard InChI is InChI=1S/C23H28N2O8/c1-15-3-5-19(26)17(9-15)11-24(13-21(28)29)7-8-25(14-22(30)31)12-18-10-16(23(32)33-2)4-6-20(18)27/h3-6,9-10,26-27H,7-8,11-14H2,1-2H3,(H,28,29)(H,30,31). The van der Waals surface area contributed by atoms with Crippen LogP contribution in [-0.4, -0.2) is 81.4 Å². The van der Waals surface area contributed by atoms with Crippen LogP contribution in [0.2, 0.25) is 0 Å². The summed E-state index contributed by atoms with van der Waals surface area (Å²) in [6.07, 6.45) is 0. The first-order chi connectivity index (χ1) is 15.6. The molecule has 4 N–H and O–H groups in total. The lowest BCUT2D eigenvalue weighted by Gasteiger charge is -2.26. The van der Waals surface area contributed by atoms with Crippen LogP contribution in [0.1, 0.15) is 27.0 Å². The number of benzene rings is 2. The van der Waals surface area contributed by atoms with Crippen LogP contribution < -0.4 is 0 Å². The normalized spacial score (nSPS) is 11.0. The van der Waals surface area contributed by atoms with Gasteiger partial charge in [0.25, 0.3) is 0 Å². The molecule has 0 radical (unpaired) electrons. The number of aromatic hydroxyl groups is 2. The maximum atomic E-state index is 11.8. The number of aryl methyl sites for hydroxylation is 1. The quantitative estimate of drug-likeness (QED) is 0.345. The Morgan fingerprint density at radius 2 is 1.30 bits per heavy atom. The molecule has 2 aromatic rings. The molecule has 33 heavy (non-hydrogen) atoms. The minimum atomic E-state index is -1.10. The predicted molar refractivity (Wildman–Crippen MR) is 118 cm³/mol. The number of carboxylic acids is 2. The topological polar surface area (TPSA) is 148 Å². The summed E-state index contributed by atoms with van der Waals surface area (Å²) in [5.41, 5.74) is 2.01. The SMILES string of the molecule is COC(=O)c1ccc(O)c(CN(CCN(CC(=O)O)Cc2cc(C)ccc2O)CC(=O)O)c1. The molecule has 0 saturated carbocycles. The van der Waals surface area contributed by atoms with E-state index in [0.29, 0.717) is 11.1 Å². The maximum Gasteiger partial charge on any atom is 0.337 e. The van der Waals surface area contributed by atoms with Gasteiger partial charge >= 0.3 is 17.9 Å². The molecule has 0 heterocycles. The Balaban J connectivity index is 2.18. The summed E-state index contributed by atoms with van der Waals surface area (Å²) < 4.78 is 4.68. The van der Waals surface area contributed by atoms with E-state index in [1.54, 1.807) is 17.0 Å². The van der Waals surface area contributed by atoms with E-state index in [9.17, 15) is 34.8 Å². The summed E-state index contributed by atoms with van der Waals surface area (Å²) in [4.78, 5) is 37.6. The van der Waals surface area contributed by atoms with Crippen molar-refractivity contribution in [3.05, 3.63) is 58.7 Å². The number of carbonyl (C=O) groups is 3. The number of ether oxygens (including phenoxy) is 1. The Kier molecular flexibility index (Phi) is 9.19. The molecule has 0 saturated heterocycles. The number of carboxylic acid groups (broad SMARTS) is 2. The van der Waals surface area contributed by atoms with Gasteiger partial charge < -0.3 is 25.2 Å². The van der Waals surface area contributed by atoms with E-state index >= 15 is 0 Å². The highest BCUT2D eigenvalue weighted by atomic mass is 16.5. The van der Waals surface area contributed by atoms with Crippen LogP contribution in [-0.2, 0) is 27.4 Å². The lowest BCUT2D eigenvalue weighted by atomic mass is 10.1. The molecule has 0 fully saturated rings. The molecule has 0 unspecified atom stereocenters. The van der Waals surface area contributed by atoms with E-state index in [1.807, 2.05) is 6.92 Å². The smallest absolute Gasteiger partial charge is 0.337 e. The lowest BCUT2D eigenvalue weighted by Crippen LogP contribution is -2.39. The van der Waals surface area contributed by atoms with Gasteiger partial charge in [0.15, 0.2) is 0 Å². The van der Waals surface area contributed by atoms with E-state index in [4.69, 9.17) is 0 Å². The van der Waals surface area contributed by atoms with Crippen molar-refractivity contribution in [1.29, 1.82) is 0 Å². The fraction of sp³-hybridized carbons (Fsp3) is 0.348. The van der Waals surface area contributed by atoms with Crippen LogP contribution in [0, 0.1) is 6.92 Å². The number of methoxy groups -OCH3 is 1. The number of aliphatic carboxylic acids is 2. The molecule has 0 aromatic heterocycles. The molecule has 2 aromatic carbocycles. The molecule has 0 aliphatic rings. The highest BCUT2D eigenvalue weighted by Crippen LogP contribution is 2.22. The summed E-state index contributed by atoms with van der Waals surface area (Å²) in [5.74, 6) is -2.81. The van der Waals surface area contributed by atoms with Crippen molar-refractivity contribution in [3.63, 3.8) is 0 Å². The third-order valence-electron chi connectivity index (χ3n) is 4.97. The molecule has 10 heteroatoms. The summed E-state index contributed by atoms with van der Waals surface area (Å²) >= 11 is 0. The number of nitrogens with zero attached hydrogens (tertiary/aromatic N) is 2. The van der Waals surface area contributed by atoms with Gasteiger partial charge in [-0.15, -0.1) is 0 Å². The van der Waals surface area contributed by atoms with E-state index in [0.717, 1.165) is 5.56 Å². The molecule has 0 bridgehead atoms. The largest absolute Gasteiger partial charge is 0.508 e. The first-order valence-electron chi connectivity index (χ1n) is 10.2. The average molecular weight is 460 g/mol. The highest BCUT2D eigenvalue weighted by molar-refractivity contribution is 5.89. The van der Waals surface area contributed by atoms with Gasteiger partial charge in [-0.3, -0.25) is 19.4 Å². The molecule has 0 atom stereocenters. The number of hydrogen-bond acceptors (Lipinski definition) is 8. The molecule has 178 valence electrons. The summed E-state index contributed by atoms with van der Waals surface area (Å²) in [7, 11) is 1.23. The Labute approximate surface area is 191 Å². The van der Waals surface area contributed by atoms with Gasteiger partial charge in [0.2, 0.25) is 0 Å². The van der Waals surface area contributed by atoms with E-state index in [1.165, 1.54) is 36.3 Å². The molecule has 0 aliphatic heterocycles. The zero-order chi connectivity index (χ0) is 24.5. The minimum absolute atomic E-state index is 0.0135. The molecule has 10 nitrogen and oxygen atoms in total. The van der Waals surface area contributed by atoms with Gasteiger partial charge in [-0.1, -0.05) is 17.7 Å². The third kappa shape index (κ3) is 8.09. The molecule has 2 rings (SSSR count). The fourth-order valence-corrected chi connectivity index (χ4v) is 3.37. The van der Waals surface area contributed by atoms with Gasteiger partial charge in [-0.25, -0.2) is 4.79 Å². The van der Waals surface area contributed by atoms with Crippen molar-refractivity contribution < 1.29 is 39.5 Å². The fourth-order valence-electron chi connectivity index (χ4n) is 3.37. The number of phenols is 2. The van der Waals surface area contributed by atoms with E-state index < -0.39 is 17.9 Å². The monoisotopic (exact) mass is 460 g/mol. The van der Waals surface area contributed by atoms with Gasteiger partial charge in [0.1, 0.15) is 11.5 Å². The molecular formula is C23H28N2O8. The van der Waals surface area contributed by atoms with E-state index in [-0.39, 0.29) is 56.3 Å². The summed E-state index contributed by atoms with van der Waals surface area (Å²) in [6.45, 7) is 1.70. The average Bonchev–Trinajstić information content (AvgIpc) is 2.74. The van der Waals surface area contributed by atoms with Crippen molar-refractivity contribution in [1.82, 2.24) is 9.80 Å². The first kappa shape index (κ1) is 25.6. The summed E-state index contributed by atoms with van der Waals surface area (Å²) in [6, 6.07) is 9.19. The lowest BCUT2D eigenvalue weighted by molar-refractivity contribution is -0.140. The molecule has 0 spiro atoms. The van der Waals surface area contributed by atoms with Gasteiger partial charge in [0.05, 0.1) is 25.8 Å². The third-order valence-corrected chi connectivity index (χ3v) is 4.97. The van der Waals surface area contributed by atoms with Crippen LogP contribution in [0.4, 0.5) is 0 Å². The number of esters is 1. The van der Waals surface area contributed by atoms with E-state index in [2.05, 4.69) is 4.74 Å². The van der Waals surface area contributed by atoms with Crippen LogP contribution in [0.15, 0.2) is 36.4 Å². The van der Waals surface area contributed by atoms with Crippen LogP contribution in [0.3, 0.4) is 0 Å². The zero-order valence-electron chi connectivity index (χ0n) is 18.5. The van der Waals surface area contributed by atoms with Crippen molar-refractivity contribution in [3.8, 4) is 11.5 Å². The van der Waals surface area contributed by atoms with Crippen molar-refractivity contribution in [2.45, 2.75) is 20.0 Å². The van der Waals surface area contributed by atoms with Gasteiger partial charge in [-0.05, 0) is 31.2 Å². The Morgan fingerprint density at radius 1 is 0.818 bits per heavy atom. The van der Waals surface area contributed by atoms with Crippen LogP contribution in [0.5, 0.6) is 11.5 Å². The highest BCUT2D eigenvalue weighted by Gasteiger charge is 2.18. The number of phenolic OH excluding ortho intramolecular Hbond substituents is 2. The van der Waals surface area contributed by atoms with Crippen molar-refractivity contribution >= 4 is 17.9 Å². The van der Waals surface area contributed by atoms with Crippen molar-refractivity contribution in [2.24, 2.45) is 0 Å². The number of rotatable bonds is 12. The Hall–Kier alpha value is -3.63. The van der Waals surface area contributed by atoms with Crippen LogP contribution >= 0.6 is 0 Å². The molecule has 0 amide bonds. The first-order valence-corrected chi connectivity index (χ1v) is 10.2.